The smallest absolute Gasteiger partial charge is 0.257 e. The van der Waals surface area contributed by atoms with Crippen LogP contribution in [-0.2, 0) is 0 Å². The van der Waals surface area contributed by atoms with Crippen molar-refractivity contribution in [1.29, 1.82) is 0 Å². The Bertz CT molecular complexity index is 883. The third kappa shape index (κ3) is 2.78. The first kappa shape index (κ1) is 14.6. The third-order valence-corrected chi connectivity index (χ3v) is 4.16. The van der Waals surface area contributed by atoms with Crippen molar-refractivity contribution >= 4 is 11.6 Å². The number of hydrogen-bond acceptors (Lipinski definition) is 4. The van der Waals surface area contributed by atoms with Crippen LogP contribution in [0.1, 0.15) is 40.5 Å². The minimum Gasteiger partial charge on any atom is -0.319 e. The fourth-order valence-electron chi connectivity index (χ4n) is 2.70. The molecule has 0 radical (unpaired) electrons. The summed E-state index contributed by atoms with van der Waals surface area (Å²) in [6, 6.07) is 9.40. The molecular formula is C18H17N5O. The number of carbonyl (C=O) groups is 1. The molecule has 1 fully saturated rings. The molecule has 6 heteroatoms. The van der Waals surface area contributed by atoms with Gasteiger partial charge in [-0.05, 0) is 44.0 Å². The summed E-state index contributed by atoms with van der Waals surface area (Å²) in [7, 11) is 0. The van der Waals surface area contributed by atoms with Crippen LogP contribution in [0.3, 0.4) is 0 Å². The molecule has 0 saturated heterocycles. The van der Waals surface area contributed by atoms with Crippen molar-refractivity contribution in [3.8, 4) is 11.4 Å². The van der Waals surface area contributed by atoms with Gasteiger partial charge in [-0.15, -0.1) is 0 Å². The van der Waals surface area contributed by atoms with Crippen molar-refractivity contribution in [3.05, 3.63) is 59.7 Å². The first-order chi connectivity index (χ1) is 11.7. The molecule has 0 aromatic carbocycles. The zero-order chi connectivity index (χ0) is 16.5. The van der Waals surface area contributed by atoms with Gasteiger partial charge in [0.25, 0.3) is 5.91 Å². The van der Waals surface area contributed by atoms with Crippen molar-refractivity contribution in [2.45, 2.75) is 25.7 Å². The molecule has 1 aliphatic carbocycles. The average molecular weight is 319 g/mol. The van der Waals surface area contributed by atoms with E-state index in [0.29, 0.717) is 22.9 Å². The van der Waals surface area contributed by atoms with Crippen LogP contribution in [-0.4, -0.2) is 26.1 Å². The van der Waals surface area contributed by atoms with Crippen LogP contribution in [0.25, 0.3) is 11.4 Å². The number of nitrogens with one attached hydrogen (secondary N) is 2. The number of carbonyl (C=O) groups excluding carboxylic acids is 1. The van der Waals surface area contributed by atoms with E-state index in [4.69, 9.17) is 0 Å². The van der Waals surface area contributed by atoms with Crippen LogP contribution in [0.2, 0.25) is 0 Å². The maximum atomic E-state index is 12.6. The van der Waals surface area contributed by atoms with E-state index in [2.05, 4.69) is 25.5 Å². The Morgan fingerprint density at radius 3 is 2.83 bits per heavy atom. The molecule has 0 spiro atoms. The number of aromatic nitrogens is 4. The Balaban J connectivity index is 1.58. The lowest BCUT2D eigenvalue weighted by Crippen LogP contribution is -2.14. The number of nitrogens with zero attached hydrogens (tertiary/aromatic N) is 3. The van der Waals surface area contributed by atoms with Gasteiger partial charge < -0.3 is 5.32 Å². The average Bonchev–Trinajstić information content (AvgIpc) is 3.35. The Morgan fingerprint density at radius 1 is 1.25 bits per heavy atom. The van der Waals surface area contributed by atoms with Crippen LogP contribution < -0.4 is 5.32 Å². The van der Waals surface area contributed by atoms with Crippen molar-refractivity contribution in [3.63, 3.8) is 0 Å². The molecular weight excluding hydrogens is 302 g/mol. The minimum absolute atomic E-state index is 0.194. The van der Waals surface area contributed by atoms with Gasteiger partial charge in [0, 0.05) is 17.8 Å². The number of H-pyrrole nitrogens is 1. The number of amides is 1. The summed E-state index contributed by atoms with van der Waals surface area (Å²) in [4.78, 5) is 21.5. The number of aryl methyl sites for hydroxylation is 1. The minimum atomic E-state index is -0.194. The van der Waals surface area contributed by atoms with Crippen LogP contribution in [0.5, 0.6) is 0 Å². The zero-order valence-corrected chi connectivity index (χ0v) is 13.3. The third-order valence-electron chi connectivity index (χ3n) is 4.16. The Labute approximate surface area is 139 Å². The van der Waals surface area contributed by atoms with E-state index < -0.39 is 0 Å². The topological polar surface area (TPSA) is 83.6 Å². The lowest BCUT2D eigenvalue weighted by atomic mass is 10.1. The zero-order valence-electron chi connectivity index (χ0n) is 13.3. The highest BCUT2D eigenvalue weighted by Crippen LogP contribution is 2.39. The van der Waals surface area contributed by atoms with Gasteiger partial charge in [0.1, 0.15) is 5.69 Å². The Hall–Kier alpha value is -3.02. The molecule has 0 unspecified atom stereocenters. The van der Waals surface area contributed by atoms with Gasteiger partial charge in [-0.25, -0.2) is 0 Å². The van der Waals surface area contributed by atoms with E-state index in [1.165, 1.54) is 12.8 Å². The van der Waals surface area contributed by atoms with Crippen LogP contribution >= 0.6 is 0 Å². The van der Waals surface area contributed by atoms with Gasteiger partial charge >= 0.3 is 0 Å². The molecule has 0 bridgehead atoms. The van der Waals surface area contributed by atoms with E-state index in [9.17, 15) is 4.79 Å². The SMILES string of the molecule is Cc1nc(C2CC2)ccc1C(=O)Nc1cn[nH]c1-c1ccccn1. The second-order valence-corrected chi connectivity index (χ2v) is 5.97. The molecule has 4 rings (SSSR count). The van der Waals surface area contributed by atoms with Crippen LogP contribution in [0.4, 0.5) is 5.69 Å². The van der Waals surface area contributed by atoms with Crippen molar-refractivity contribution < 1.29 is 4.79 Å². The first-order valence-electron chi connectivity index (χ1n) is 7.96. The Kier molecular flexibility index (Phi) is 3.57. The van der Waals surface area contributed by atoms with Crippen molar-refractivity contribution in [2.75, 3.05) is 5.32 Å². The molecule has 0 atom stereocenters. The fourth-order valence-corrected chi connectivity index (χ4v) is 2.70. The molecule has 1 aliphatic rings. The maximum absolute atomic E-state index is 12.6. The van der Waals surface area contributed by atoms with Gasteiger partial charge in [-0.3, -0.25) is 19.9 Å². The highest BCUT2D eigenvalue weighted by molar-refractivity contribution is 6.06. The molecule has 120 valence electrons. The summed E-state index contributed by atoms with van der Waals surface area (Å²) in [6.07, 6.45) is 5.68. The number of rotatable bonds is 4. The second kappa shape index (κ2) is 5.88. The van der Waals surface area contributed by atoms with Crippen molar-refractivity contribution in [2.24, 2.45) is 0 Å². The lowest BCUT2D eigenvalue weighted by Gasteiger charge is -2.09. The first-order valence-corrected chi connectivity index (χ1v) is 7.96. The Morgan fingerprint density at radius 2 is 2.12 bits per heavy atom. The summed E-state index contributed by atoms with van der Waals surface area (Å²) in [5, 5.41) is 9.80. The summed E-state index contributed by atoms with van der Waals surface area (Å²) in [6.45, 7) is 1.87. The van der Waals surface area contributed by atoms with E-state index in [1.807, 2.05) is 37.3 Å². The summed E-state index contributed by atoms with van der Waals surface area (Å²) >= 11 is 0. The molecule has 2 N–H and O–H groups in total. The van der Waals surface area contributed by atoms with Gasteiger partial charge in [-0.1, -0.05) is 6.07 Å². The fraction of sp³-hybridized carbons (Fsp3) is 0.222. The molecule has 3 heterocycles. The predicted octanol–water partition coefficient (Wildman–Crippen LogP) is 3.30. The molecule has 0 aliphatic heterocycles. The normalized spacial score (nSPS) is 13.7. The predicted molar refractivity (Wildman–Crippen MR) is 90.7 cm³/mol. The molecule has 3 aromatic rings. The van der Waals surface area contributed by atoms with E-state index in [1.54, 1.807) is 12.4 Å². The number of hydrogen-bond donors (Lipinski definition) is 2. The largest absolute Gasteiger partial charge is 0.319 e. The highest BCUT2D eigenvalue weighted by Gasteiger charge is 2.26. The summed E-state index contributed by atoms with van der Waals surface area (Å²) < 4.78 is 0. The second-order valence-electron chi connectivity index (χ2n) is 5.97. The number of pyridine rings is 2. The lowest BCUT2D eigenvalue weighted by molar-refractivity contribution is 0.102. The van der Waals surface area contributed by atoms with Gasteiger partial charge in [0.05, 0.1) is 28.8 Å². The molecule has 24 heavy (non-hydrogen) atoms. The van der Waals surface area contributed by atoms with E-state index >= 15 is 0 Å². The quantitative estimate of drug-likeness (QED) is 0.773. The molecule has 3 aromatic heterocycles. The number of aromatic amines is 1. The number of anilines is 1. The summed E-state index contributed by atoms with van der Waals surface area (Å²) in [5.74, 6) is 0.381. The van der Waals surface area contributed by atoms with Crippen LogP contribution in [0.15, 0.2) is 42.7 Å². The highest BCUT2D eigenvalue weighted by atomic mass is 16.1. The monoisotopic (exact) mass is 319 g/mol. The van der Waals surface area contributed by atoms with Crippen LogP contribution in [0, 0.1) is 6.92 Å². The maximum Gasteiger partial charge on any atom is 0.257 e. The van der Waals surface area contributed by atoms with Gasteiger partial charge in [-0.2, -0.15) is 5.10 Å². The molecule has 1 amide bonds. The van der Waals surface area contributed by atoms with Gasteiger partial charge in [0.15, 0.2) is 0 Å². The molecule has 1 saturated carbocycles. The summed E-state index contributed by atoms with van der Waals surface area (Å²) in [5.41, 5.74) is 4.42. The van der Waals surface area contributed by atoms with E-state index in [0.717, 1.165) is 17.1 Å². The van der Waals surface area contributed by atoms with Crippen molar-refractivity contribution in [1.82, 2.24) is 20.2 Å². The molecule has 6 nitrogen and oxygen atoms in total. The van der Waals surface area contributed by atoms with E-state index in [-0.39, 0.29) is 5.91 Å². The van der Waals surface area contributed by atoms with Gasteiger partial charge in [0.2, 0.25) is 0 Å². The standard InChI is InChI=1S/C18H17N5O/c1-11-13(7-8-14(21-11)12-5-6-12)18(24)22-16-10-20-23-17(16)15-4-2-3-9-19-15/h2-4,7-10,12H,5-6H2,1H3,(H,20,23)(H,22,24).